The molecular formula is C10H17N3. The second kappa shape index (κ2) is 3.14. The van der Waals surface area contributed by atoms with Crippen LogP contribution in [0.2, 0.25) is 0 Å². The first-order valence-corrected chi connectivity index (χ1v) is 4.97. The fourth-order valence-corrected chi connectivity index (χ4v) is 2.22. The van der Waals surface area contributed by atoms with Crippen LogP contribution in [0.15, 0.2) is 6.20 Å². The van der Waals surface area contributed by atoms with E-state index in [9.17, 15) is 0 Å². The van der Waals surface area contributed by atoms with Gasteiger partial charge in [-0.15, -0.1) is 0 Å². The molecule has 0 spiro atoms. The Labute approximate surface area is 79.0 Å². The van der Waals surface area contributed by atoms with E-state index in [4.69, 9.17) is 5.73 Å². The van der Waals surface area contributed by atoms with E-state index in [1.807, 2.05) is 6.20 Å². The summed E-state index contributed by atoms with van der Waals surface area (Å²) in [6.45, 7) is 5.26. The van der Waals surface area contributed by atoms with E-state index in [0.717, 1.165) is 12.4 Å². The minimum atomic E-state index is 0.246. The number of aryl methyl sites for hydroxylation is 1. The van der Waals surface area contributed by atoms with Crippen molar-refractivity contribution in [2.24, 2.45) is 5.73 Å². The lowest BCUT2D eigenvalue weighted by Gasteiger charge is -2.27. The molecule has 2 unspecified atom stereocenters. The van der Waals surface area contributed by atoms with Gasteiger partial charge in [0, 0.05) is 30.4 Å². The number of imidazole rings is 1. The van der Waals surface area contributed by atoms with Crippen LogP contribution in [0.5, 0.6) is 0 Å². The Morgan fingerprint density at radius 1 is 1.69 bits per heavy atom. The quantitative estimate of drug-likeness (QED) is 0.708. The minimum absolute atomic E-state index is 0.246. The molecule has 2 atom stereocenters. The summed E-state index contributed by atoms with van der Waals surface area (Å²) in [5, 5.41) is 0. The van der Waals surface area contributed by atoms with Crippen LogP contribution < -0.4 is 5.73 Å². The van der Waals surface area contributed by atoms with Crippen molar-refractivity contribution in [1.29, 1.82) is 0 Å². The van der Waals surface area contributed by atoms with Crippen molar-refractivity contribution in [3.05, 3.63) is 17.7 Å². The molecule has 0 aliphatic carbocycles. The van der Waals surface area contributed by atoms with Gasteiger partial charge in [-0.05, 0) is 26.7 Å². The van der Waals surface area contributed by atoms with E-state index in [-0.39, 0.29) is 6.04 Å². The summed E-state index contributed by atoms with van der Waals surface area (Å²) < 4.78 is 2.30. The minimum Gasteiger partial charge on any atom is -0.332 e. The van der Waals surface area contributed by atoms with Gasteiger partial charge in [-0.1, -0.05) is 0 Å². The van der Waals surface area contributed by atoms with Crippen molar-refractivity contribution < 1.29 is 0 Å². The van der Waals surface area contributed by atoms with Gasteiger partial charge in [0.2, 0.25) is 0 Å². The zero-order chi connectivity index (χ0) is 9.42. The summed E-state index contributed by atoms with van der Waals surface area (Å²) in [6.07, 6.45) is 4.43. The lowest BCUT2D eigenvalue weighted by atomic mass is 9.90. The Morgan fingerprint density at radius 3 is 3.15 bits per heavy atom. The molecule has 1 aromatic heterocycles. The van der Waals surface area contributed by atoms with Gasteiger partial charge in [-0.2, -0.15) is 0 Å². The zero-order valence-corrected chi connectivity index (χ0v) is 8.33. The molecule has 0 aromatic carbocycles. The van der Waals surface area contributed by atoms with Gasteiger partial charge in [0.05, 0.1) is 0 Å². The molecule has 1 aromatic rings. The third kappa shape index (κ3) is 1.37. The average molecular weight is 179 g/mol. The first kappa shape index (κ1) is 8.75. The normalized spacial score (nSPS) is 24.1. The molecule has 0 radical (unpaired) electrons. The molecule has 0 amide bonds. The van der Waals surface area contributed by atoms with Crippen LogP contribution in [-0.4, -0.2) is 15.6 Å². The van der Waals surface area contributed by atoms with Crippen LogP contribution in [0.1, 0.15) is 37.2 Å². The highest BCUT2D eigenvalue weighted by molar-refractivity contribution is 5.14. The molecule has 0 bridgehead atoms. The molecule has 13 heavy (non-hydrogen) atoms. The van der Waals surface area contributed by atoms with Crippen LogP contribution in [0.4, 0.5) is 0 Å². The SMILES string of the molecule is Cc1ncc2n1CCCC2C(C)N. The van der Waals surface area contributed by atoms with Gasteiger partial charge in [-0.25, -0.2) is 4.98 Å². The second-order valence-electron chi connectivity index (χ2n) is 3.99. The number of hydrogen-bond donors (Lipinski definition) is 1. The van der Waals surface area contributed by atoms with Crippen LogP contribution in [-0.2, 0) is 6.54 Å². The van der Waals surface area contributed by atoms with Crippen LogP contribution in [0.3, 0.4) is 0 Å². The van der Waals surface area contributed by atoms with Crippen molar-refractivity contribution in [2.75, 3.05) is 0 Å². The predicted molar refractivity (Wildman–Crippen MR) is 52.6 cm³/mol. The van der Waals surface area contributed by atoms with Gasteiger partial charge in [0.15, 0.2) is 0 Å². The highest BCUT2D eigenvalue weighted by Crippen LogP contribution is 2.29. The predicted octanol–water partition coefficient (Wildman–Crippen LogP) is 1.42. The van der Waals surface area contributed by atoms with Crippen molar-refractivity contribution in [1.82, 2.24) is 9.55 Å². The highest BCUT2D eigenvalue weighted by Gasteiger charge is 2.24. The number of aromatic nitrogens is 2. The molecule has 1 aliphatic heterocycles. The molecule has 2 heterocycles. The van der Waals surface area contributed by atoms with E-state index in [1.54, 1.807) is 0 Å². The van der Waals surface area contributed by atoms with Gasteiger partial charge in [0.25, 0.3) is 0 Å². The Balaban J connectivity index is 2.38. The van der Waals surface area contributed by atoms with Gasteiger partial charge >= 0.3 is 0 Å². The van der Waals surface area contributed by atoms with E-state index in [2.05, 4.69) is 23.4 Å². The summed E-state index contributed by atoms with van der Waals surface area (Å²) in [7, 11) is 0. The Bertz CT molecular complexity index is 301. The van der Waals surface area contributed by atoms with Crippen molar-refractivity contribution in [3.8, 4) is 0 Å². The van der Waals surface area contributed by atoms with Gasteiger partial charge < -0.3 is 10.3 Å². The van der Waals surface area contributed by atoms with E-state index < -0.39 is 0 Å². The molecule has 2 N–H and O–H groups in total. The summed E-state index contributed by atoms with van der Waals surface area (Å²) in [5.41, 5.74) is 7.28. The Hall–Kier alpha value is -0.830. The first-order valence-electron chi connectivity index (χ1n) is 4.97. The molecule has 2 rings (SSSR count). The third-order valence-electron chi connectivity index (χ3n) is 3.00. The molecule has 0 saturated heterocycles. The van der Waals surface area contributed by atoms with Gasteiger partial charge in [0.1, 0.15) is 5.82 Å². The second-order valence-corrected chi connectivity index (χ2v) is 3.99. The summed E-state index contributed by atoms with van der Waals surface area (Å²) in [5.74, 6) is 1.63. The van der Waals surface area contributed by atoms with Crippen LogP contribution in [0, 0.1) is 6.92 Å². The standard InChI is InChI=1S/C10H17N3/c1-7(11)9-4-3-5-13-8(2)12-6-10(9)13/h6-7,9H,3-5,11H2,1-2H3. The zero-order valence-electron chi connectivity index (χ0n) is 8.33. The Morgan fingerprint density at radius 2 is 2.46 bits per heavy atom. The van der Waals surface area contributed by atoms with E-state index in [0.29, 0.717) is 5.92 Å². The fourth-order valence-electron chi connectivity index (χ4n) is 2.22. The molecular weight excluding hydrogens is 162 g/mol. The molecule has 72 valence electrons. The third-order valence-corrected chi connectivity index (χ3v) is 3.00. The van der Waals surface area contributed by atoms with Crippen molar-refractivity contribution in [3.63, 3.8) is 0 Å². The van der Waals surface area contributed by atoms with E-state index in [1.165, 1.54) is 18.5 Å². The fraction of sp³-hybridized carbons (Fsp3) is 0.700. The average Bonchev–Trinajstić information content (AvgIpc) is 2.48. The molecule has 3 heteroatoms. The van der Waals surface area contributed by atoms with E-state index >= 15 is 0 Å². The molecule has 1 aliphatic rings. The summed E-state index contributed by atoms with van der Waals surface area (Å²) in [6, 6.07) is 0.246. The highest BCUT2D eigenvalue weighted by atomic mass is 15.1. The summed E-state index contributed by atoms with van der Waals surface area (Å²) in [4.78, 5) is 4.34. The number of nitrogens with zero attached hydrogens (tertiary/aromatic N) is 2. The number of fused-ring (bicyclic) bond motifs is 1. The van der Waals surface area contributed by atoms with Crippen LogP contribution in [0.25, 0.3) is 0 Å². The van der Waals surface area contributed by atoms with Crippen molar-refractivity contribution in [2.45, 2.75) is 45.2 Å². The molecule has 0 fully saturated rings. The number of nitrogens with two attached hydrogens (primary N) is 1. The maximum atomic E-state index is 5.95. The lowest BCUT2D eigenvalue weighted by Crippen LogP contribution is -2.29. The van der Waals surface area contributed by atoms with Gasteiger partial charge in [-0.3, -0.25) is 0 Å². The Kier molecular flexibility index (Phi) is 2.12. The number of rotatable bonds is 1. The monoisotopic (exact) mass is 179 g/mol. The molecule has 0 saturated carbocycles. The van der Waals surface area contributed by atoms with Crippen molar-refractivity contribution >= 4 is 0 Å². The largest absolute Gasteiger partial charge is 0.332 e. The maximum Gasteiger partial charge on any atom is 0.105 e. The topological polar surface area (TPSA) is 43.8 Å². The summed E-state index contributed by atoms with van der Waals surface area (Å²) >= 11 is 0. The maximum absolute atomic E-state index is 5.95. The molecule has 3 nitrogen and oxygen atoms in total. The lowest BCUT2D eigenvalue weighted by molar-refractivity contribution is 0.409. The number of hydrogen-bond acceptors (Lipinski definition) is 2. The smallest absolute Gasteiger partial charge is 0.105 e. The first-order chi connectivity index (χ1) is 6.20. The van der Waals surface area contributed by atoms with Crippen LogP contribution >= 0.6 is 0 Å².